The maximum atomic E-state index is 13.2. The van der Waals surface area contributed by atoms with Crippen LogP contribution in [0, 0.1) is 12.7 Å². The van der Waals surface area contributed by atoms with Crippen molar-refractivity contribution >= 4 is 21.6 Å². The molecule has 2 aromatic carbocycles. The number of sulfonamides is 1. The molecule has 4 nitrogen and oxygen atoms in total. The number of aryl methyl sites for hydroxylation is 1. The summed E-state index contributed by atoms with van der Waals surface area (Å²) in [4.78, 5) is -0.0686. The van der Waals surface area contributed by atoms with Crippen LogP contribution in [0.4, 0.5) is 4.39 Å². The Hall–Kier alpha value is -2.15. The van der Waals surface area contributed by atoms with Crippen LogP contribution in [0.3, 0.4) is 0 Å². The van der Waals surface area contributed by atoms with Crippen molar-refractivity contribution in [3.8, 4) is 0 Å². The first-order valence-electron chi connectivity index (χ1n) is 8.00. The lowest BCUT2D eigenvalue weighted by Crippen LogP contribution is -2.24. The minimum Gasteiger partial charge on any atom is -0.346 e. The average molecular weight is 393 g/mol. The van der Waals surface area contributed by atoms with E-state index in [0.717, 1.165) is 23.4 Å². The van der Waals surface area contributed by atoms with Gasteiger partial charge in [0.25, 0.3) is 0 Å². The molecule has 1 N–H and O–H groups in total. The monoisotopic (exact) mass is 392 g/mol. The second-order valence-corrected chi connectivity index (χ2v) is 8.13. The van der Waals surface area contributed by atoms with Gasteiger partial charge in [-0.15, -0.1) is 0 Å². The fraction of sp³-hybridized carbons (Fsp3) is 0.158. The SMILES string of the molecule is Cc1ccccc1Cn1cccc1CNS(=O)(=O)c1ccc(F)c(Cl)c1. The van der Waals surface area contributed by atoms with Gasteiger partial charge in [0, 0.05) is 18.4 Å². The Bertz CT molecular complexity index is 1030. The van der Waals surface area contributed by atoms with Crippen molar-refractivity contribution < 1.29 is 12.8 Å². The molecular formula is C19H18ClFN2O2S. The zero-order chi connectivity index (χ0) is 18.7. The summed E-state index contributed by atoms with van der Waals surface area (Å²) < 4.78 is 42.6. The largest absolute Gasteiger partial charge is 0.346 e. The molecule has 0 amide bonds. The van der Waals surface area contributed by atoms with Gasteiger partial charge in [-0.2, -0.15) is 0 Å². The van der Waals surface area contributed by atoms with E-state index in [9.17, 15) is 12.8 Å². The number of halogens is 2. The highest BCUT2D eigenvalue weighted by Crippen LogP contribution is 2.20. The third-order valence-corrected chi connectivity index (χ3v) is 5.86. The van der Waals surface area contributed by atoms with E-state index in [-0.39, 0.29) is 16.5 Å². The highest BCUT2D eigenvalue weighted by molar-refractivity contribution is 7.89. The van der Waals surface area contributed by atoms with Gasteiger partial charge in [0.15, 0.2) is 0 Å². The molecule has 0 saturated heterocycles. The average Bonchev–Trinajstić information content (AvgIpc) is 3.05. The number of hydrogen-bond donors (Lipinski definition) is 1. The maximum Gasteiger partial charge on any atom is 0.240 e. The van der Waals surface area contributed by atoms with Crippen molar-refractivity contribution in [1.29, 1.82) is 0 Å². The van der Waals surface area contributed by atoms with Crippen molar-refractivity contribution in [3.05, 3.63) is 88.5 Å². The van der Waals surface area contributed by atoms with Crippen LogP contribution in [0.15, 0.2) is 65.7 Å². The van der Waals surface area contributed by atoms with Crippen LogP contribution in [0.25, 0.3) is 0 Å². The van der Waals surface area contributed by atoms with Gasteiger partial charge in [0.2, 0.25) is 10.0 Å². The zero-order valence-corrected chi connectivity index (χ0v) is 15.7. The second-order valence-electron chi connectivity index (χ2n) is 5.95. The van der Waals surface area contributed by atoms with Gasteiger partial charge in [0.05, 0.1) is 16.5 Å². The molecule has 0 unspecified atom stereocenters. The Morgan fingerprint density at radius 2 is 1.88 bits per heavy atom. The zero-order valence-electron chi connectivity index (χ0n) is 14.1. The summed E-state index contributed by atoms with van der Waals surface area (Å²) in [6, 6.07) is 15.1. The fourth-order valence-electron chi connectivity index (χ4n) is 2.63. The van der Waals surface area contributed by atoms with Gasteiger partial charge in [-0.3, -0.25) is 0 Å². The molecule has 0 radical (unpaired) electrons. The van der Waals surface area contributed by atoms with Gasteiger partial charge in [-0.25, -0.2) is 17.5 Å². The quantitative estimate of drug-likeness (QED) is 0.686. The smallest absolute Gasteiger partial charge is 0.240 e. The molecule has 7 heteroatoms. The number of rotatable bonds is 6. The lowest BCUT2D eigenvalue weighted by atomic mass is 10.1. The van der Waals surface area contributed by atoms with E-state index in [1.807, 2.05) is 54.1 Å². The van der Waals surface area contributed by atoms with Crippen molar-refractivity contribution in [3.63, 3.8) is 0 Å². The predicted octanol–water partition coefficient (Wildman–Crippen LogP) is 4.12. The number of benzene rings is 2. The molecule has 1 aromatic heterocycles. The highest BCUT2D eigenvalue weighted by Gasteiger charge is 2.16. The number of aromatic nitrogens is 1. The normalized spacial score (nSPS) is 11.7. The van der Waals surface area contributed by atoms with Crippen molar-refractivity contribution in [2.75, 3.05) is 0 Å². The fourth-order valence-corrected chi connectivity index (χ4v) is 3.90. The highest BCUT2D eigenvalue weighted by atomic mass is 35.5. The number of hydrogen-bond acceptors (Lipinski definition) is 2. The van der Waals surface area contributed by atoms with E-state index >= 15 is 0 Å². The first-order valence-corrected chi connectivity index (χ1v) is 9.86. The summed E-state index contributed by atoms with van der Waals surface area (Å²) in [6.45, 7) is 2.81. The van der Waals surface area contributed by atoms with E-state index in [4.69, 9.17) is 11.6 Å². The summed E-state index contributed by atoms with van der Waals surface area (Å²) in [6.07, 6.45) is 1.91. The van der Waals surface area contributed by atoms with Crippen LogP contribution in [0.1, 0.15) is 16.8 Å². The lowest BCUT2D eigenvalue weighted by molar-refractivity contribution is 0.577. The minimum absolute atomic E-state index is 0.0686. The van der Waals surface area contributed by atoms with E-state index in [0.29, 0.717) is 6.54 Å². The molecule has 0 saturated carbocycles. The Kier molecular flexibility index (Phi) is 5.46. The molecule has 0 aliphatic carbocycles. The standard InChI is InChI=1S/C19H18ClFN2O2S/c1-14-5-2-3-6-15(14)13-23-10-4-7-16(23)12-22-26(24,25)17-8-9-19(21)18(20)11-17/h2-11,22H,12-13H2,1H3. The van der Waals surface area contributed by atoms with Gasteiger partial charge < -0.3 is 4.57 Å². The van der Waals surface area contributed by atoms with Crippen molar-refractivity contribution in [2.45, 2.75) is 24.9 Å². The summed E-state index contributed by atoms with van der Waals surface area (Å²) in [5.41, 5.74) is 3.16. The summed E-state index contributed by atoms with van der Waals surface area (Å²) in [7, 11) is -3.79. The van der Waals surface area contributed by atoms with Gasteiger partial charge in [-0.1, -0.05) is 35.9 Å². The molecular weight excluding hydrogens is 375 g/mol. The van der Waals surface area contributed by atoms with Crippen LogP contribution in [-0.2, 0) is 23.1 Å². The minimum atomic E-state index is -3.79. The van der Waals surface area contributed by atoms with Crippen LogP contribution < -0.4 is 4.72 Å². The van der Waals surface area contributed by atoms with Crippen LogP contribution in [0.5, 0.6) is 0 Å². The molecule has 0 aliphatic rings. The van der Waals surface area contributed by atoms with E-state index in [1.54, 1.807) is 0 Å². The van der Waals surface area contributed by atoms with E-state index < -0.39 is 15.8 Å². The maximum absolute atomic E-state index is 13.2. The number of nitrogens with one attached hydrogen (secondary N) is 1. The molecule has 0 bridgehead atoms. The Balaban J connectivity index is 1.75. The van der Waals surface area contributed by atoms with Crippen LogP contribution >= 0.6 is 11.6 Å². The molecule has 3 rings (SSSR count). The summed E-state index contributed by atoms with van der Waals surface area (Å²) in [5, 5.41) is -0.226. The molecule has 3 aromatic rings. The molecule has 136 valence electrons. The first-order chi connectivity index (χ1) is 12.4. The molecule has 0 aliphatic heterocycles. The van der Waals surface area contributed by atoms with Gasteiger partial charge in [0.1, 0.15) is 5.82 Å². The third-order valence-electron chi connectivity index (χ3n) is 4.17. The molecule has 0 atom stereocenters. The van der Waals surface area contributed by atoms with Crippen LogP contribution in [0.2, 0.25) is 5.02 Å². The Morgan fingerprint density at radius 3 is 2.62 bits per heavy atom. The van der Waals surface area contributed by atoms with E-state index in [1.165, 1.54) is 11.6 Å². The van der Waals surface area contributed by atoms with Crippen molar-refractivity contribution in [1.82, 2.24) is 9.29 Å². The van der Waals surface area contributed by atoms with Gasteiger partial charge in [-0.05, 0) is 48.4 Å². The summed E-state index contributed by atoms with van der Waals surface area (Å²) >= 11 is 5.68. The first kappa shape index (κ1) is 18.6. The van der Waals surface area contributed by atoms with Crippen molar-refractivity contribution in [2.24, 2.45) is 0 Å². The third kappa shape index (κ3) is 4.15. The number of nitrogens with zero attached hydrogens (tertiary/aromatic N) is 1. The molecule has 0 fully saturated rings. The summed E-state index contributed by atoms with van der Waals surface area (Å²) in [5.74, 6) is -0.655. The lowest BCUT2D eigenvalue weighted by Gasteiger charge is -2.12. The molecule has 1 heterocycles. The Morgan fingerprint density at radius 1 is 1.12 bits per heavy atom. The molecule has 0 spiro atoms. The van der Waals surface area contributed by atoms with E-state index in [2.05, 4.69) is 4.72 Å². The van der Waals surface area contributed by atoms with Crippen LogP contribution in [-0.4, -0.2) is 13.0 Å². The predicted molar refractivity (Wildman–Crippen MR) is 100 cm³/mol. The Labute approximate surface area is 157 Å². The van der Waals surface area contributed by atoms with Gasteiger partial charge >= 0.3 is 0 Å². The topological polar surface area (TPSA) is 51.1 Å². The second kappa shape index (κ2) is 7.61. The molecule has 26 heavy (non-hydrogen) atoms.